The van der Waals surface area contributed by atoms with Gasteiger partial charge in [0.25, 0.3) is 0 Å². The van der Waals surface area contributed by atoms with Crippen LogP contribution in [-0.2, 0) is 26.4 Å². The number of rotatable bonds is 6. The molecule has 0 bridgehead atoms. The van der Waals surface area contributed by atoms with Crippen molar-refractivity contribution in [2.24, 2.45) is 0 Å². The van der Waals surface area contributed by atoms with Crippen LogP contribution in [0.1, 0.15) is 15.9 Å². The van der Waals surface area contributed by atoms with Crippen molar-refractivity contribution in [3.05, 3.63) is 35.4 Å². The number of sulfone groups is 1. The lowest BCUT2D eigenvalue weighted by atomic mass is 10.1. The summed E-state index contributed by atoms with van der Waals surface area (Å²) in [4.78, 5) is 10.7. The Labute approximate surface area is 108 Å². The van der Waals surface area contributed by atoms with Gasteiger partial charge in [0.05, 0.1) is 11.3 Å². The van der Waals surface area contributed by atoms with Crippen molar-refractivity contribution in [1.82, 2.24) is 0 Å². The Morgan fingerprint density at radius 1 is 1.39 bits per heavy atom. The molecule has 0 fully saturated rings. The van der Waals surface area contributed by atoms with E-state index in [9.17, 15) is 17.4 Å². The summed E-state index contributed by atoms with van der Waals surface area (Å²) in [7, 11) is -4.43. The fourth-order valence-corrected chi connectivity index (χ4v) is 3.95. The molecule has 1 unspecified atom stereocenters. The minimum absolute atomic E-state index is 0.0656. The van der Waals surface area contributed by atoms with Gasteiger partial charge in [-0.05, 0) is 17.7 Å². The molecule has 0 aliphatic rings. The Hall–Kier alpha value is -1.21. The van der Waals surface area contributed by atoms with Crippen LogP contribution in [-0.4, -0.2) is 41.5 Å². The van der Waals surface area contributed by atoms with Crippen molar-refractivity contribution < 1.29 is 22.5 Å². The van der Waals surface area contributed by atoms with Gasteiger partial charge in [0.1, 0.15) is 9.84 Å². The van der Waals surface area contributed by atoms with Gasteiger partial charge in [-0.2, -0.15) is 0 Å². The minimum Gasteiger partial charge on any atom is -0.478 e. The van der Waals surface area contributed by atoms with Crippen LogP contribution < -0.4 is 0 Å². The van der Waals surface area contributed by atoms with E-state index >= 15 is 0 Å². The molecule has 0 amide bonds. The van der Waals surface area contributed by atoms with Crippen LogP contribution >= 0.6 is 0 Å². The first-order chi connectivity index (χ1) is 8.28. The van der Waals surface area contributed by atoms with Gasteiger partial charge in [0.15, 0.2) is 0 Å². The molecule has 0 aromatic heterocycles. The van der Waals surface area contributed by atoms with Crippen molar-refractivity contribution in [2.75, 3.05) is 17.8 Å². The lowest BCUT2D eigenvalue weighted by Gasteiger charge is -2.03. The fraction of sp³-hybridized carbons (Fsp3) is 0.364. The second-order valence-corrected chi connectivity index (χ2v) is 7.76. The van der Waals surface area contributed by atoms with E-state index in [0.717, 1.165) is 6.26 Å². The molecule has 0 saturated heterocycles. The van der Waals surface area contributed by atoms with Gasteiger partial charge in [-0.25, -0.2) is 13.2 Å². The van der Waals surface area contributed by atoms with Crippen molar-refractivity contribution >= 4 is 26.6 Å². The van der Waals surface area contributed by atoms with E-state index in [4.69, 9.17) is 5.11 Å². The van der Waals surface area contributed by atoms with E-state index in [0.29, 0.717) is 5.56 Å². The molecule has 100 valence electrons. The van der Waals surface area contributed by atoms with Crippen molar-refractivity contribution in [2.45, 2.75) is 5.75 Å². The third kappa shape index (κ3) is 5.42. The quantitative estimate of drug-likeness (QED) is 0.832. The summed E-state index contributed by atoms with van der Waals surface area (Å²) < 4.78 is 33.5. The average Bonchev–Trinajstić information content (AvgIpc) is 2.26. The first kappa shape index (κ1) is 14.8. The summed E-state index contributed by atoms with van der Waals surface area (Å²) in [6, 6.07) is 6.14. The molecular weight excluding hydrogens is 276 g/mol. The third-order valence-corrected chi connectivity index (χ3v) is 4.70. The Morgan fingerprint density at radius 3 is 2.61 bits per heavy atom. The lowest BCUT2D eigenvalue weighted by Crippen LogP contribution is -2.13. The van der Waals surface area contributed by atoms with Gasteiger partial charge in [-0.3, -0.25) is 4.21 Å². The van der Waals surface area contributed by atoms with Crippen molar-refractivity contribution in [1.29, 1.82) is 0 Å². The number of benzene rings is 1. The van der Waals surface area contributed by atoms with Crippen LogP contribution in [0, 0.1) is 0 Å². The zero-order valence-corrected chi connectivity index (χ0v) is 11.5. The molecule has 18 heavy (non-hydrogen) atoms. The molecule has 1 atom stereocenters. The van der Waals surface area contributed by atoms with E-state index in [1.54, 1.807) is 12.1 Å². The van der Waals surface area contributed by atoms with Gasteiger partial charge in [0.2, 0.25) is 0 Å². The molecule has 0 aliphatic heterocycles. The van der Waals surface area contributed by atoms with Gasteiger partial charge in [-0.1, -0.05) is 12.1 Å². The van der Waals surface area contributed by atoms with E-state index in [1.165, 1.54) is 12.1 Å². The third-order valence-electron chi connectivity index (χ3n) is 2.18. The zero-order chi connectivity index (χ0) is 13.8. The molecule has 7 heteroatoms. The monoisotopic (exact) mass is 290 g/mol. The maximum atomic E-state index is 11.6. The van der Waals surface area contributed by atoms with Gasteiger partial charge in [0, 0.05) is 28.6 Å². The minimum atomic E-state index is -3.12. The number of aromatic carboxylic acids is 1. The normalized spacial score (nSPS) is 13.2. The van der Waals surface area contributed by atoms with Gasteiger partial charge in [-0.15, -0.1) is 0 Å². The molecule has 1 aromatic rings. The highest BCUT2D eigenvalue weighted by Crippen LogP contribution is 2.08. The van der Waals surface area contributed by atoms with Crippen LogP contribution in [0.3, 0.4) is 0 Å². The van der Waals surface area contributed by atoms with E-state index in [-0.39, 0.29) is 22.8 Å². The first-order valence-electron chi connectivity index (χ1n) is 5.13. The molecule has 1 rings (SSSR count). The highest BCUT2D eigenvalue weighted by molar-refractivity contribution is 7.92. The fourth-order valence-electron chi connectivity index (χ4n) is 1.30. The Kier molecular flexibility index (Phi) is 5.03. The Balaban J connectivity index is 2.65. The predicted molar refractivity (Wildman–Crippen MR) is 69.8 cm³/mol. The average molecular weight is 290 g/mol. The maximum absolute atomic E-state index is 11.6. The molecule has 1 N–H and O–H groups in total. The molecule has 0 heterocycles. The highest BCUT2D eigenvalue weighted by atomic mass is 32.2. The molecule has 0 spiro atoms. The van der Waals surface area contributed by atoms with Crippen LogP contribution in [0.4, 0.5) is 0 Å². The largest absolute Gasteiger partial charge is 0.478 e. The topological polar surface area (TPSA) is 88.5 Å². The molecule has 0 saturated carbocycles. The Morgan fingerprint density at radius 2 is 2.06 bits per heavy atom. The standard InChI is InChI=1S/C11H14O5S2/c1-18(15,16)6-5-17(14)8-9-3-2-4-10(7-9)11(12)13/h2-4,7H,5-6,8H2,1H3,(H,12,13). The molecule has 1 aromatic carbocycles. The summed E-state index contributed by atoms with van der Waals surface area (Å²) in [6.45, 7) is 0. The van der Waals surface area contributed by atoms with Crippen LogP contribution in [0.25, 0.3) is 0 Å². The molecule has 0 aliphatic carbocycles. The molecular formula is C11H14O5S2. The number of carboxylic acid groups (broad SMARTS) is 1. The van der Waals surface area contributed by atoms with Gasteiger partial charge >= 0.3 is 5.97 Å². The van der Waals surface area contributed by atoms with Crippen LogP contribution in [0.2, 0.25) is 0 Å². The van der Waals surface area contributed by atoms with Crippen molar-refractivity contribution in [3.8, 4) is 0 Å². The van der Waals surface area contributed by atoms with E-state index < -0.39 is 26.6 Å². The SMILES string of the molecule is CS(=O)(=O)CCS(=O)Cc1cccc(C(=O)O)c1. The highest BCUT2D eigenvalue weighted by Gasteiger charge is 2.09. The Bertz CT molecular complexity index is 563. The summed E-state index contributed by atoms with van der Waals surface area (Å²) in [5.74, 6) is -0.941. The number of carboxylic acids is 1. The second-order valence-electron chi connectivity index (χ2n) is 3.92. The number of carbonyl (C=O) groups is 1. The smallest absolute Gasteiger partial charge is 0.335 e. The van der Waals surface area contributed by atoms with E-state index in [2.05, 4.69) is 0 Å². The number of hydrogen-bond donors (Lipinski definition) is 1. The first-order valence-corrected chi connectivity index (χ1v) is 8.68. The second kappa shape index (κ2) is 6.10. The maximum Gasteiger partial charge on any atom is 0.335 e. The summed E-state index contributed by atoms with van der Waals surface area (Å²) >= 11 is 0. The lowest BCUT2D eigenvalue weighted by molar-refractivity contribution is 0.0696. The summed E-state index contributed by atoms with van der Waals surface area (Å²) in [5, 5.41) is 8.80. The zero-order valence-electron chi connectivity index (χ0n) is 9.83. The van der Waals surface area contributed by atoms with Crippen LogP contribution in [0.5, 0.6) is 0 Å². The summed E-state index contributed by atoms with van der Waals surface area (Å²) in [5.41, 5.74) is 0.759. The molecule has 5 nitrogen and oxygen atoms in total. The van der Waals surface area contributed by atoms with E-state index in [1.807, 2.05) is 0 Å². The van der Waals surface area contributed by atoms with Gasteiger partial charge < -0.3 is 5.11 Å². The van der Waals surface area contributed by atoms with Crippen molar-refractivity contribution in [3.63, 3.8) is 0 Å². The number of hydrogen-bond acceptors (Lipinski definition) is 4. The summed E-state index contributed by atoms with van der Waals surface area (Å²) in [6.07, 6.45) is 1.09. The predicted octanol–water partition coefficient (Wildman–Crippen LogP) is 0.678. The van der Waals surface area contributed by atoms with Crippen LogP contribution in [0.15, 0.2) is 24.3 Å². The molecule has 0 radical (unpaired) electrons.